The molecule has 1 heterocycles. The lowest BCUT2D eigenvalue weighted by Crippen LogP contribution is -2.01. The molecule has 0 N–H and O–H groups in total. The fourth-order valence-electron chi connectivity index (χ4n) is 2.23. The normalized spacial score (nSPS) is 10.3. The average Bonchev–Trinajstić information content (AvgIpc) is 2.66. The van der Waals surface area contributed by atoms with Crippen LogP contribution in [0, 0.1) is 32.1 Å². The highest BCUT2D eigenvalue weighted by Crippen LogP contribution is 2.21. The first-order valence-corrected chi connectivity index (χ1v) is 6.26. The molecule has 2 rings (SSSR count). The highest BCUT2D eigenvalue weighted by Gasteiger charge is 2.08. The van der Waals surface area contributed by atoms with Crippen LogP contribution in [0.15, 0.2) is 24.4 Å². The molecule has 3 nitrogen and oxygen atoms in total. The largest absolute Gasteiger partial charge is 0.495 e. The number of aromatic nitrogens is 1. The molecule has 0 fully saturated rings. The van der Waals surface area contributed by atoms with Gasteiger partial charge < -0.3 is 9.30 Å². The Morgan fingerprint density at radius 2 is 2.00 bits per heavy atom. The van der Waals surface area contributed by atoms with E-state index in [2.05, 4.69) is 37.6 Å². The van der Waals surface area contributed by atoms with Crippen molar-refractivity contribution in [1.29, 1.82) is 5.26 Å². The van der Waals surface area contributed by atoms with Crippen LogP contribution in [-0.4, -0.2) is 11.7 Å². The lowest BCUT2D eigenvalue weighted by atomic mass is 10.1. The van der Waals surface area contributed by atoms with Crippen LogP contribution in [-0.2, 0) is 6.54 Å². The van der Waals surface area contributed by atoms with Gasteiger partial charge in [0.1, 0.15) is 11.8 Å². The number of rotatable bonds is 3. The van der Waals surface area contributed by atoms with E-state index >= 15 is 0 Å². The summed E-state index contributed by atoms with van der Waals surface area (Å²) < 4.78 is 7.37. The Hall–Kier alpha value is -2.21. The molecule has 0 saturated carbocycles. The monoisotopic (exact) mass is 254 g/mol. The highest BCUT2D eigenvalue weighted by atomic mass is 16.5. The number of benzene rings is 1. The molecule has 0 aliphatic rings. The van der Waals surface area contributed by atoms with Crippen molar-refractivity contribution in [2.75, 3.05) is 7.11 Å². The van der Waals surface area contributed by atoms with E-state index in [0.29, 0.717) is 11.3 Å². The van der Waals surface area contributed by atoms with Gasteiger partial charge in [0.2, 0.25) is 0 Å². The van der Waals surface area contributed by atoms with Gasteiger partial charge in [-0.25, -0.2) is 0 Å². The summed E-state index contributed by atoms with van der Waals surface area (Å²) in [4.78, 5) is 0. The van der Waals surface area contributed by atoms with Crippen LogP contribution in [0.3, 0.4) is 0 Å². The first-order valence-electron chi connectivity index (χ1n) is 6.26. The van der Waals surface area contributed by atoms with Gasteiger partial charge in [-0.1, -0.05) is 6.07 Å². The molecule has 1 aromatic heterocycles. The smallest absolute Gasteiger partial charge is 0.136 e. The quantitative estimate of drug-likeness (QED) is 0.842. The molecule has 0 saturated heterocycles. The van der Waals surface area contributed by atoms with Crippen LogP contribution in [0.4, 0.5) is 0 Å². The van der Waals surface area contributed by atoms with Crippen molar-refractivity contribution < 1.29 is 4.74 Å². The lowest BCUT2D eigenvalue weighted by molar-refractivity contribution is 0.413. The van der Waals surface area contributed by atoms with Crippen molar-refractivity contribution in [3.05, 3.63) is 52.3 Å². The Labute approximate surface area is 114 Å². The zero-order valence-corrected chi connectivity index (χ0v) is 11.8. The van der Waals surface area contributed by atoms with Gasteiger partial charge in [0.25, 0.3) is 0 Å². The Morgan fingerprint density at radius 1 is 1.26 bits per heavy atom. The molecule has 1 aromatic carbocycles. The second-order valence-corrected chi connectivity index (χ2v) is 4.80. The SMILES string of the molecule is COc1ccc(Cn2cc(C)c(C)c2C)cc1C#N. The molecule has 0 aliphatic heterocycles. The number of aryl methyl sites for hydroxylation is 1. The Bertz CT molecular complexity index is 647. The van der Waals surface area contributed by atoms with Crippen molar-refractivity contribution in [2.45, 2.75) is 27.3 Å². The maximum Gasteiger partial charge on any atom is 0.136 e. The molecular weight excluding hydrogens is 236 g/mol. The second kappa shape index (κ2) is 5.19. The summed E-state index contributed by atoms with van der Waals surface area (Å²) in [5, 5.41) is 9.11. The summed E-state index contributed by atoms with van der Waals surface area (Å²) >= 11 is 0. The van der Waals surface area contributed by atoms with E-state index in [1.807, 2.05) is 18.2 Å². The molecule has 0 radical (unpaired) electrons. The predicted octanol–water partition coefficient (Wildman–Crippen LogP) is 3.34. The third kappa shape index (κ3) is 2.48. The lowest BCUT2D eigenvalue weighted by Gasteiger charge is -2.09. The Balaban J connectivity index is 2.34. The van der Waals surface area contributed by atoms with E-state index in [4.69, 9.17) is 10.00 Å². The number of hydrogen-bond acceptors (Lipinski definition) is 2. The van der Waals surface area contributed by atoms with Crippen LogP contribution < -0.4 is 4.74 Å². The maximum absolute atomic E-state index is 9.11. The molecule has 98 valence electrons. The van der Waals surface area contributed by atoms with Gasteiger partial charge in [0.15, 0.2) is 0 Å². The van der Waals surface area contributed by atoms with Crippen LogP contribution in [0.1, 0.15) is 27.9 Å². The molecule has 0 amide bonds. The minimum absolute atomic E-state index is 0.582. The minimum atomic E-state index is 0.582. The zero-order chi connectivity index (χ0) is 14.0. The van der Waals surface area contributed by atoms with Crippen LogP contribution in [0.2, 0.25) is 0 Å². The number of ether oxygens (including phenoxy) is 1. The van der Waals surface area contributed by atoms with Gasteiger partial charge in [-0.2, -0.15) is 5.26 Å². The number of nitriles is 1. The number of methoxy groups -OCH3 is 1. The molecule has 0 bridgehead atoms. The topological polar surface area (TPSA) is 38.0 Å². The van der Waals surface area contributed by atoms with Crippen molar-refractivity contribution in [3.63, 3.8) is 0 Å². The third-order valence-corrected chi connectivity index (χ3v) is 3.65. The van der Waals surface area contributed by atoms with Gasteiger partial charge in [-0.15, -0.1) is 0 Å². The zero-order valence-electron chi connectivity index (χ0n) is 11.8. The number of hydrogen-bond donors (Lipinski definition) is 0. The molecule has 0 spiro atoms. The summed E-state index contributed by atoms with van der Waals surface area (Å²) in [6, 6.07) is 7.92. The van der Waals surface area contributed by atoms with E-state index in [-0.39, 0.29) is 0 Å². The van der Waals surface area contributed by atoms with Gasteiger partial charge >= 0.3 is 0 Å². The fourth-order valence-corrected chi connectivity index (χ4v) is 2.23. The molecule has 3 heteroatoms. The van der Waals surface area contributed by atoms with Crippen LogP contribution in [0.25, 0.3) is 0 Å². The molecule has 2 aromatic rings. The highest BCUT2D eigenvalue weighted by molar-refractivity contribution is 5.45. The molecule has 0 atom stereocenters. The summed E-state index contributed by atoms with van der Waals surface area (Å²) in [6.45, 7) is 7.15. The van der Waals surface area contributed by atoms with E-state index in [0.717, 1.165) is 12.1 Å². The molecular formula is C16H18N2O. The summed E-state index contributed by atoms with van der Waals surface area (Å²) in [5.74, 6) is 0.628. The standard InChI is InChI=1S/C16H18N2O/c1-11-9-18(13(3)12(11)2)10-14-5-6-16(19-4)15(7-14)8-17/h5-7,9H,10H2,1-4H3. The second-order valence-electron chi connectivity index (χ2n) is 4.80. The van der Waals surface area contributed by atoms with Crippen molar-refractivity contribution in [3.8, 4) is 11.8 Å². The Morgan fingerprint density at radius 3 is 2.53 bits per heavy atom. The number of nitrogens with zero attached hydrogens (tertiary/aromatic N) is 2. The minimum Gasteiger partial charge on any atom is -0.495 e. The fraction of sp³-hybridized carbons (Fsp3) is 0.312. The van der Waals surface area contributed by atoms with Crippen molar-refractivity contribution >= 4 is 0 Å². The van der Waals surface area contributed by atoms with Gasteiger partial charge in [-0.3, -0.25) is 0 Å². The molecule has 0 unspecified atom stereocenters. The van der Waals surface area contributed by atoms with Crippen LogP contribution in [0.5, 0.6) is 5.75 Å². The van der Waals surface area contributed by atoms with Crippen LogP contribution >= 0.6 is 0 Å². The summed E-state index contributed by atoms with van der Waals surface area (Å²) in [5.41, 5.74) is 5.58. The van der Waals surface area contributed by atoms with E-state index in [1.54, 1.807) is 7.11 Å². The first kappa shape index (κ1) is 13.2. The van der Waals surface area contributed by atoms with Crippen molar-refractivity contribution in [1.82, 2.24) is 4.57 Å². The average molecular weight is 254 g/mol. The molecule has 0 aliphatic carbocycles. The summed E-state index contributed by atoms with van der Waals surface area (Å²) in [6.07, 6.45) is 2.15. The predicted molar refractivity (Wildman–Crippen MR) is 75.5 cm³/mol. The first-order chi connectivity index (χ1) is 9.06. The molecule has 19 heavy (non-hydrogen) atoms. The van der Waals surface area contributed by atoms with E-state index in [1.165, 1.54) is 16.8 Å². The van der Waals surface area contributed by atoms with E-state index in [9.17, 15) is 0 Å². The summed E-state index contributed by atoms with van der Waals surface area (Å²) in [7, 11) is 1.58. The van der Waals surface area contributed by atoms with Gasteiger partial charge in [0, 0.05) is 18.4 Å². The third-order valence-electron chi connectivity index (χ3n) is 3.65. The van der Waals surface area contributed by atoms with Gasteiger partial charge in [-0.05, 0) is 49.6 Å². The van der Waals surface area contributed by atoms with Gasteiger partial charge in [0.05, 0.1) is 12.7 Å². The van der Waals surface area contributed by atoms with Crippen molar-refractivity contribution in [2.24, 2.45) is 0 Å². The Kier molecular flexibility index (Phi) is 3.62. The maximum atomic E-state index is 9.11. The van der Waals surface area contributed by atoms with E-state index < -0.39 is 0 Å².